The molecule has 0 saturated carbocycles. The Morgan fingerprint density at radius 1 is 0.968 bits per heavy atom. The molecule has 3 aromatic carbocycles. The third-order valence-corrected chi connectivity index (χ3v) is 4.89. The van der Waals surface area contributed by atoms with Crippen molar-refractivity contribution in [1.82, 2.24) is 0 Å². The number of ether oxygens (including phenoxy) is 1. The van der Waals surface area contributed by atoms with E-state index in [4.69, 9.17) is 4.74 Å². The monoisotopic (exact) mass is 417 g/mol. The Hall–Kier alpha value is -3.40. The van der Waals surface area contributed by atoms with Crippen LogP contribution in [0.5, 0.6) is 0 Å². The van der Waals surface area contributed by atoms with Gasteiger partial charge in [-0.25, -0.2) is 9.18 Å². The van der Waals surface area contributed by atoms with E-state index in [0.29, 0.717) is 16.9 Å². The molecule has 0 aliphatic rings. The van der Waals surface area contributed by atoms with Gasteiger partial charge in [-0.15, -0.1) is 0 Å². The Morgan fingerprint density at radius 2 is 1.68 bits per heavy atom. The first-order valence-electron chi connectivity index (χ1n) is 10.3. The molecule has 0 heterocycles. The summed E-state index contributed by atoms with van der Waals surface area (Å²) >= 11 is 0. The number of benzene rings is 3. The highest BCUT2D eigenvalue weighted by Crippen LogP contribution is 2.26. The first kappa shape index (κ1) is 22.3. The lowest BCUT2D eigenvalue weighted by Crippen LogP contribution is -2.24. The number of nitrogens with one attached hydrogen (secondary N) is 1. The lowest BCUT2D eigenvalue weighted by atomic mass is 10.0. The molecule has 160 valence electrons. The molecule has 0 aromatic heterocycles. The zero-order chi connectivity index (χ0) is 22.6. The highest BCUT2D eigenvalue weighted by Gasteiger charge is 2.20. The Kier molecular flexibility index (Phi) is 6.59. The SMILES string of the molecule is Cc1cccc(/C=C/c2ccc(C(=O)OC(C)(C)C)c(Nc3ccc(F)cc3)c2)c1C. The van der Waals surface area contributed by atoms with Gasteiger partial charge in [0.1, 0.15) is 11.4 Å². The molecule has 3 aromatic rings. The molecule has 0 fully saturated rings. The molecule has 0 aliphatic heterocycles. The van der Waals surface area contributed by atoms with E-state index >= 15 is 0 Å². The van der Waals surface area contributed by atoms with Crippen LogP contribution < -0.4 is 5.32 Å². The van der Waals surface area contributed by atoms with Crippen molar-refractivity contribution in [3.05, 3.63) is 94.3 Å². The van der Waals surface area contributed by atoms with Crippen molar-refractivity contribution < 1.29 is 13.9 Å². The summed E-state index contributed by atoms with van der Waals surface area (Å²) in [5, 5.41) is 3.22. The van der Waals surface area contributed by atoms with E-state index in [2.05, 4.69) is 37.4 Å². The van der Waals surface area contributed by atoms with Crippen LogP contribution in [0.3, 0.4) is 0 Å². The predicted molar refractivity (Wildman–Crippen MR) is 126 cm³/mol. The molecule has 1 N–H and O–H groups in total. The summed E-state index contributed by atoms with van der Waals surface area (Å²) in [6.07, 6.45) is 4.07. The van der Waals surface area contributed by atoms with Crippen molar-refractivity contribution >= 4 is 29.5 Å². The topological polar surface area (TPSA) is 38.3 Å². The van der Waals surface area contributed by atoms with Crippen molar-refractivity contribution in [2.24, 2.45) is 0 Å². The van der Waals surface area contributed by atoms with Gasteiger partial charge in [0.2, 0.25) is 0 Å². The fourth-order valence-corrected chi connectivity index (χ4v) is 3.11. The zero-order valence-corrected chi connectivity index (χ0v) is 18.6. The number of carbonyl (C=O) groups is 1. The summed E-state index contributed by atoms with van der Waals surface area (Å²) in [6, 6.07) is 17.7. The van der Waals surface area contributed by atoms with Gasteiger partial charge in [0.25, 0.3) is 0 Å². The van der Waals surface area contributed by atoms with Crippen LogP contribution in [0, 0.1) is 19.7 Å². The average Bonchev–Trinajstić information content (AvgIpc) is 2.69. The molecule has 0 saturated heterocycles. The van der Waals surface area contributed by atoms with Crippen LogP contribution in [0.4, 0.5) is 15.8 Å². The third-order valence-electron chi connectivity index (χ3n) is 4.89. The maximum absolute atomic E-state index is 13.3. The maximum atomic E-state index is 13.3. The second-order valence-corrected chi connectivity index (χ2v) is 8.56. The Labute approximate surface area is 183 Å². The van der Waals surface area contributed by atoms with Crippen molar-refractivity contribution in [1.29, 1.82) is 0 Å². The number of esters is 1. The molecule has 3 nitrogen and oxygen atoms in total. The summed E-state index contributed by atoms with van der Waals surface area (Å²) in [4.78, 5) is 12.8. The number of aryl methyl sites for hydroxylation is 1. The van der Waals surface area contributed by atoms with Crippen molar-refractivity contribution in [2.75, 3.05) is 5.32 Å². The standard InChI is InChI=1S/C27H28FNO2/c1-18-7-6-8-21(19(18)2)11-9-20-10-16-24(26(30)31-27(3,4)5)25(17-20)29-23-14-12-22(28)13-15-23/h6-17,29H,1-5H3/b11-9+. The highest BCUT2D eigenvalue weighted by molar-refractivity contribution is 5.97. The molecule has 0 spiro atoms. The summed E-state index contributed by atoms with van der Waals surface area (Å²) in [7, 11) is 0. The lowest BCUT2D eigenvalue weighted by Gasteiger charge is -2.21. The van der Waals surface area contributed by atoms with Gasteiger partial charge in [-0.1, -0.05) is 36.4 Å². The normalized spacial score (nSPS) is 11.5. The van der Waals surface area contributed by atoms with Gasteiger partial charge in [0.05, 0.1) is 11.3 Å². The summed E-state index contributed by atoms with van der Waals surface area (Å²) < 4.78 is 18.9. The molecule has 31 heavy (non-hydrogen) atoms. The zero-order valence-electron chi connectivity index (χ0n) is 18.6. The minimum absolute atomic E-state index is 0.317. The largest absolute Gasteiger partial charge is 0.456 e. The van der Waals surface area contributed by atoms with E-state index in [0.717, 1.165) is 11.1 Å². The highest BCUT2D eigenvalue weighted by atomic mass is 19.1. The van der Waals surface area contributed by atoms with E-state index in [1.807, 2.05) is 45.0 Å². The number of carbonyl (C=O) groups excluding carboxylic acids is 1. The Balaban J connectivity index is 1.96. The van der Waals surface area contributed by atoms with Crippen LogP contribution in [-0.4, -0.2) is 11.6 Å². The molecule has 0 bridgehead atoms. The quantitative estimate of drug-likeness (QED) is 0.349. The van der Waals surface area contributed by atoms with Crippen molar-refractivity contribution in [3.63, 3.8) is 0 Å². The van der Waals surface area contributed by atoms with E-state index in [-0.39, 0.29) is 5.82 Å². The molecule has 0 radical (unpaired) electrons. The van der Waals surface area contributed by atoms with Gasteiger partial charge in [-0.05, 0) is 93.3 Å². The second kappa shape index (κ2) is 9.17. The van der Waals surface area contributed by atoms with Crippen LogP contribution in [0.1, 0.15) is 53.4 Å². The molecule has 0 amide bonds. The van der Waals surface area contributed by atoms with Crippen molar-refractivity contribution in [2.45, 2.75) is 40.2 Å². The average molecular weight is 418 g/mol. The summed E-state index contributed by atoms with van der Waals surface area (Å²) in [5.74, 6) is -0.731. The molecule has 0 aliphatic carbocycles. The van der Waals surface area contributed by atoms with Gasteiger partial charge < -0.3 is 10.1 Å². The predicted octanol–water partition coefficient (Wildman–Crippen LogP) is 7.31. The molecular formula is C27H28FNO2. The fourth-order valence-electron chi connectivity index (χ4n) is 3.11. The van der Waals surface area contributed by atoms with E-state index in [1.54, 1.807) is 18.2 Å². The molecule has 3 rings (SSSR count). The number of rotatable bonds is 5. The van der Waals surface area contributed by atoms with E-state index in [1.165, 1.54) is 23.3 Å². The van der Waals surface area contributed by atoms with Crippen LogP contribution in [0.25, 0.3) is 12.2 Å². The minimum Gasteiger partial charge on any atom is -0.456 e. The fraction of sp³-hybridized carbons (Fsp3) is 0.222. The molecule has 0 atom stereocenters. The number of hydrogen-bond donors (Lipinski definition) is 1. The van der Waals surface area contributed by atoms with Crippen LogP contribution in [0.2, 0.25) is 0 Å². The second-order valence-electron chi connectivity index (χ2n) is 8.56. The minimum atomic E-state index is -0.606. The molecule has 4 heteroatoms. The summed E-state index contributed by atoms with van der Waals surface area (Å²) in [5.41, 5.74) is 5.64. The number of halogens is 1. The first-order chi connectivity index (χ1) is 14.6. The summed E-state index contributed by atoms with van der Waals surface area (Å²) in [6.45, 7) is 9.69. The third kappa shape index (κ3) is 6.05. The maximum Gasteiger partial charge on any atom is 0.340 e. The lowest BCUT2D eigenvalue weighted by molar-refractivity contribution is 0.00707. The first-order valence-corrected chi connectivity index (χ1v) is 10.3. The number of hydrogen-bond acceptors (Lipinski definition) is 3. The molecule has 0 unspecified atom stereocenters. The Bertz CT molecular complexity index is 1110. The van der Waals surface area contributed by atoms with Gasteiger partial charge in [-0.3, -0.25) is 0 Å². The van der Waals surface area contributed by atoms with Gasteiger partial charge in [0, 0.05) is 5.69 Å². The van der Waals surface area contributed by atoms with Crippen molar-refractivity contribution in [3.8, 4) is 0 Å². The van der Waals surface area contributed by atoms with Crippen LogP contribution in [0.15, 0.2) is 60.7 Å². The van der Waals surface area contributed by atoms with E-state index < -0.39 is 11.6 Å². The smallest absolute Gasteiger partial charge is 0.340 e. The Morgan fingerprint density at radius 3 is 2.35 bits per heavy atom. The van der Waals surface area contributed by atoms with E-state index in [9.17, 15) is 9.18 Å². The molecular weight excluding hydrogens is 389 g/mol. The van der Waals surface area contributed by atoms with Gasteiger partial charge in [0.15, 0.2) is 0 Å². The van der Waals surface area contributed by atoms with Gasteiger partial charge >= 0.3 is 5.97 Å². The van der Waals surface area contributed by atoms with Crippen LogP contribution >= 0.6 is 0 Å². The number of anilines is 2. The van der Waals surface area contributed by atoms with Crippen LogP contribution in [-0.2, 0) is 4.74 Å². The van der Waals surface area contributed by atoms with Gasteiger partial charge in [-0.2, -0.15) is 0 Å².